The molecule has 2 N–H and O–H groups in total. The van der Waals surface area contributed by atoms with E-state index in [1.807, 2.05) is 25.7 Å². The number of likely N-dealkylation sites (tertiary alicyclic amines) is 1. The molecule has 2 saturated heterocycles. The first-order valence-electron chi connectivity index (χ1n) is 7.68. The highest BCUT2D eigenvalue weighted by Crippen LogP contribution is 2.30. The second-order valence-corrected chi connectivity index (χ2v) is 7.32. The summed E-state index contributed by atoms with van der Waals surface area (Å²) >= 11 is 0. The highest BCUT2D eigenvalue weighted by Gasteiger charge is 2.43. The lowest BCUT2D eigenvalue weighted by atomic mass is 9.93. The Balaban J connectivity index is 1.89. The van der Waals surface area contributed by atoms with E-state index in [9.17, 15) is 4.79 Å². The van der Waals surface area contributed by atoms with Crippen LogP contribution in [0.3, 0.4) is 0 Å². The third-order valence-electron chi connectivity index (χ3n) is 4.54. The SMILES string of the molecule is CC1C(C)N1CC1CN(C(=O)OC(C)(C)C)CCC1N. The maximum atomic E-state index is 12.1. The van der Waals surface area contributed by atoms with E-state index in [2.05, 4.69) is 18.7 Å². The van der Waals surface area contributed by atoms with Crippen LogP contribution in [0.1, 0.15) is 41.0 Å². The average molecular weight is 283 g/mol. The van der Waals surface area contributed by atoms with E-state index in [0.717, 1.165) is 13.0 Å². The summed E-state index contributed by atoms with van der Waals surface area (Å²) < 4.78 is 5.46. The molecule has 0 aliphatic carbocycles. The second-order valence-electron chi connectivity index (χ2n) is 7.32. The highest BCUT2D eigenvalue weighted by atomic mass is 16.6. The topological polar surface area (TPSA) is 58.6 Å². The van der Waals surface area contributed by atoms with Crippen molar-refractivity contribution in [3.63, 3.8) is 0 Å². The van der Waals surface area contributed by atoms with Crippen LogP contribution >= 0.6 is 0 Å². The minimum Gasteiger partial charge on any atom is -0.444 e. The van der Waals surface area contributed by atoms with Gasteiger partial charge < -0.3 is 15.4 Å². The van der Waals surface area contributed by atoms with Gasteiger partial charge >= 0.3 is 6.09 Å². The Kier molecular flexibility index (Phi) is 4.30. The first-order chi connectivity index (χ1) is 9.19. The van der Waals surface area contributed by atoms with Crippen molar-refractivity contribution in [2.24, 2.45) is 11.7 Å². The van der Waals surface area contributed by atoms with Crippen LogP contribution in [0.15, 0.2) is 0 Å². The van der Waals surface area contributed by atoms with Gasteiger partial charge in [0.05, 0.1) is 0 Å². The van der Waals surface area contributed by atoms with Crippen molar-refractivity contribution in [3.05, 3.63) is 0 Å². The number of nitrogens with two attached hydrogens (primary N) is 1. The van der Waals surface area contributed by atoms with Crippen molar-refractivity contribution in [3.8, 4) is 0 Å². The van der Waals surface area contributed by atoms with E-state index in [1.54, 1.807) is 0 Å². The zero-order chi connectivity index (χ0) is 15.1. The van der Waals surface area contributed by atoms with E-state index in [-0.39, 0.29) is 12.1 Å². The Morgan fingerprint density at radius 2 is 1.90 bits per heavy atom. The van der Waals surface area contributed by atoms with Gasteiger partial charge in [-0.1, -0.05) is 0 Å². The normalized spacial score (nSPS) is 37.7. The van der Waals surface area contributed by atoms with E-state index in [4.69, 9.17) is 10.5 Å². The molecule has 0 saturated carbocycles. The van der Waals surface area contributed by atoms with Crippen molar-refractivity contribution in [2.45, 2.75) is 64.8 Å². The Bertz CT molecular complexity index is 359. The summed E-state index contributed by atoms with van der Waals surface area (Å²) in [5.74, 6) is 0.351. The fraction of sp³-hybridized carbons (Fsp3) is 0.933. The molecule has 4 unspecified atom stereocenters. The molecule has 0 radical (unpaired) electrons. The molecule has 116 valence electrons. The molecule has 2 heterocycles. The van der Waals surface area contributed by atoms with E-state index >= 15 is 0 Å². The number of rotatable bonds is 2. The van der Waals surface area contributed by atoms with Crippen molar-refractivity contribution < 1.29 is 9.53 Å². The monoisotopic (exact) mass is 283 g/mol. The fourth-order valence-electron chi connectivity index (χ4n) is 2.92. The van der Waals surface area contributed by atoms with Gasteiger partial charge in [0.1, 0.15) is 5.60 Å². The van der Waals surface area contributed by atoms with Crippen LogP contribution in [0.2, 0.25) is 0 Å². The summed E-state index contributed by atoms with van der Waals surface area (Å²) in [5, 5.41) is 0. The largest absolute Gasteiger partial charge is 0.444 e. The number of amides is 1. The third-order valence-corrected chi connectivity index (χ3v) is 4.54. The molecule has 0 aromatic carbocycles. The molecular formula is C15H29N3O2. The van der Waals surface area contributed by atoms with Gasteiger partial charge in [-0.05, 0) is 41.0 Å². The quantitative estimate of drug-likeness (QED) is 0.783. The van der Waals surface area contributed by atoms with Crippen LogP contribution in [-0.2, 0) is 4.74 Å². The van der Waals surface area contributed by atoms with E-state index < -0.39 is 5.60 Å². The molecule has 20 heavy (non-hydrogen) atoms. The van der Waals surface area contributed by atoms with Crippen LogP contribution < -0.4 is 5.73 Å². The number of carbonyl (C=O) groups excluding carboxylic acids is 1. The lowest BCUT2D eigenvalue weighted by Crippen LogP contribution is -2.52. The van der Waals surface area contributed by atoms with Crippen LogP contribution in [0.25, 0.3) is 0 Å². The Hall–Kier alpha value is -0.810. The molecule has 4 atom stereocenters. The Morgan fingerprint density at radius 1 is 1.30 bits per heavy atom. The predicted molar refractivity (Wildman–Crippen MR) is 79.5 cm³/mol. The molecule has 2 fully saturated rings. The number of hydrogen-bond donors (Lipinski definition) is 1. The summed E-state index contributed by atoms with van der Waals surface area (Å²) in [6.45, 7) is 12.6. The number of hydrogen-bond acceptors (Lipinski definition) is 4. The summed E-state index contributed by atoms with van der Waals surface area (Å²) in [6, 6.07) is 1.49. The Morgan fingerprint density at radius 3 is 2.40 bits per heavy atom. The second kappa shape index (κ2) is 5.53. The van der Waals surface area contributed by atoms with Crippen LogP contribution in [-0.4, -0.2) is 59.3 Å². The summed E-state index contributed by atoms with van der Waals surface area (Å²) in [4.78, 5) is 16.4. The molecule has 0 bridgehead atoms. The molecule has 2 rings (SSSR count). The zero-order valence-corrected chi connectivity index (χ0v) is 13.4. The highest BCUT2D eigenvalue weighted by molar-refractivity contribution is 5.68. The molecule has 5 nitrogen and oxygen atoms in total. The number of ether oxygens (including phenoxy) is 1. The molecular weight excluding hydrogens is 254 g/mol. The van der Waals surface area contributed by atoms with Gasteiger partial charge in [0.15, 0.2) is 0 Å². The number of carbonyl (C=O) groups is 1. The fourth-order valence-corrected chi connectivity index (χ4v) is 2.92. The molecule has 1 amide bonds. The number of nitrogens with zero attached hydrogens (tertiary/aromatic N) is 2. The lowest BCUT2D eigenvalue weighted by molar-refractivity contribution is 0.0138. The minimum atomic E-state index is -0.435. The van der Waals surface area contributed by atoms with Crippen molar-refractivity contribution in [1.29, 1.82) is 0 Å². The predicted octanol–water partition coefficient (Wildman–Crippen LogP) is 1.66. The van der Waals surface area contributed by atoms with Crippen molar-refractivity contribution in [1.82, 2.24) is 9.80 Å². The van der Waals surface area contributed by atoms with Gasteiger partial charge in [0, 0.05) is 43.7 Å². The van der Waals surface area contributed by atoms with Gasteiger partial charge in [0.2, 0.25) is 0 Å². The lowest BCUT2D eigenvalue weighted by Gasteiger charge is -2.37. The first kappa shape index (κ1) is 15.6. The minimum absolute atomic E-state index is 0.189. The number of piperidine rings is 1. The Labute approximate surface area is 122 Å². The van der Waals surface area contributed by atoms with E-state index in [0.29, 0.717) is 31.1 Å². The van der Waals surface area contributed by atoms with Crippen molar-refractivity contribution in [2.75, 3.05) is 19.6 Å². The van der Waals surface area contributed by atoms with Gasteiger partial charge in [-0.15, -0.1) is 0 Å². The van der Waals surface area contributed by atoms with Gasteiger partial charge in [-0.2, -0.15) is 0 Å². The third kappa shape index (κ3) is 3.64. The maximum Gasteiger partial charge on any atom is 0.410 e. The van der Waals surface area contributed by atoms with Crippen molar-refractivity contribution >= 4 is 6.09 Å². The van der Waals surface area contributed by atoms with Crippen LogP contribution in [0.4, 0.5) is 4.79 Å². The molecule has 0 aromatic heterocycles. The molecule has 0 aromatic rings. The zero-order valence-electron chi connectivity index (χ0n) is 13.4. The smallest absolute Gasteiger partial charge is 0.410 e. The molecule has 2 aliphatic rings. The molecule has 5 heteroatoms. The van der Waals surface area contributed by atoms with Gasteiger partial charge in [0.25, 0.3) is 0 Å². The molecule has 2 aliphatic heterocycles. The van der Waals surface area contributed by atoms with Gasteiger partial charge in [-0.3, -0.25) is 4.90 Å². The first-order valence-corrected chi connectivity index (χ1v) is 7.68. The average Bonchev–Trinajstić information content (AvgIpc) is 2.87. The van der Waals surface area contributed by atoms with Gasteiger partial charge in [-0.25, -0.2) is 4.79 Å². The summed E-state index contributed by atoms with van der Waals surface area (Å²) in [6.07, 6.45) is 0.654. The summed E-state index contributed by atoms with van der Waals surface area (Å²) in [7, 11) is 0. The molecule has 0 spiro atoms. The summed E-state index contributed by atoms with van der Waals surface area (Å²) in [5.41, 5.74) is 5.79. The van der Waals surface area contributed by atoms with Crippen LogP contribution in [0, 0.1) is 5.92 Å². The standard InChI is InChI=1S/C15H29N3O2/c1-10-11(2)18(10)9-12-8-17(7-6-13(12)16)14(19)20-15(3,4)5/h10-13H,6-9,16H2,1-5H3. The van der Waals surface area contributed by atoms with E-state index in [1.165, 1.54) is 0 Å². The maximum absolute atomic E-state index is 12.1. The van der Waals surface area contributed by atoms with Crippen LogP contribution in [0.5, 0.6) is 0 Å².